The van der Waals surface area contributed by atoms with Crippen molar-refractivity contribution in [2.45, 2.75) is 70.7 Å². The normalized spacial score (nSPS) is 30.2. The molecular weight excluding hydrogens is 349 g/mol. The first-order valence-electron chi connectivity index (χ1n) is 9.42. The zero-order valence-electron chi connectivity index (χ0n) is 15.4. The molecule has 2 fully saturated rings. The van der Waals surface area contributed by atoms with Crippen LogP contribution in [0.5, 0.6) is 0 Å². The minimum absolute atomic E-state index is 0.0588. The van der Waals surface area contributed by atoms with Crippen LogP contribution in [0.3, 0.4) is 0 Å². The first kappa shape index (κ1) is 21.0. The molecule has 0 aromatic carbocycles. The number of hydrogen-bond acceptors (Lipinski definition) is 3. The Morgan fingerprint density at radius 1 is 1.31 bits per heavy atom. The highest BCUT2D eigenvalue weighted by Crippen LogP contribution is 2.41. The molecule has 8 heteroatoms. The second kappa shape index (κ2) is 9.06. The number of rotatable bonds is 6. The molecule has 1 aliphatic carbocycles. The zero-order chi connectivity index (χ0) is 19.3. The summed E-state index contributed by atoms with van der Waals surface area (Å²) in [7, 11) is 0. The molecule has 0 bridgehead atoms. The van der Waals surface area contributed by atoms with Crippen molar-refractivity contribution in [3.8, 4) is 0 Å². The van der Waals surface area contributed by atoms with E-state index in [1.165, 1.54) is 0 Å². The molecule has 4 unspecified atom stereocenters. The first-order valence-corrected chi connectivity index (χ1v) is 9.42. The maximum absolute atomic E-state index is 13.1. The molecule has 150 valence electrons. The van der Waals surface area contributed by atoms with E-state index in [9.17, 15) is 22.8 Å². The summed E-state index contributed by atoms with van der Waals surface area (Å²) < 4.78 is 45.0. The Bertz CT molecular complexity index is 497. The summed E-state index contributed by atoms with van der Waals surface area (Å²) in [6.07, 6.45) is -3.49. The third-order valence-corrected chi connectivity index (χ3v) is 5.21. The molecule has 4 atom stereocenters. The molecule has 0 radical (unpaired) electrons. The Hall–Kier alpha value is -1.31. The summed E-state index contributed by atoms with van der Waals surface area (Å²) in [5.41, 5.74) is 0. The van der Waals surface area contributed by atoms with E-state index in [1.54, 1.807) is 0 Å². The highest BCUT2D eigenvalue weighted by Gasteiger charge is 2.47. The van der Waals surface area contributed by atoms with Crippen molar-refractivity contribution in [1.29, 1.82) is 0 Å². The van der Waals surface area contributed by atoms with Crippen molar-refractivity contribution in [2.75, 3.05) is 13.2 Å². The summed E-state index contributed by atoms with van der Waals surface area (Å²) in [6.45, 7) is 4.88. The van der Waals surface area contributed by atoms with Crippen molar-refractivity contribution >= 4 is 11.8 Å². The van der Waals surface area contributed by atoms with E-state index in [0.29, 0.717) is 25.5 Å². The van der Waals surface area contributed by atoms with Crippen LogP contribution in [0.1, 0.15) is 52.4 Å². The van der Waals surface area contributed by atoms with Crippen LogP contribution in [0.4, 0.5) is 13.2 Å². The number of carbonyl (C=O) groups excluding carboxylic acids is 2. The fraction of sp³-hybridized carbons (Fsp3) is 0.889. The lowest BCUT2D eigenvalue weighted by molar-refractivity contribution is -0.198. The van der Waals surface area contributed by atoms with Crippen LogP contribution in [-0.2, 0) is 14.3 Å². The number of piperidine rings is 1. The van der Waals surface area contributed by atoms with E-state index in [2.05, 4.69) is 10.6 Å². The second-order valence-corrected chi connectivity index (χ2v) is 7.80. The summed E-state index contributed by atoms with van der Waals surface area (Å²) in [5, 5.41) is 5.54. The van der Waals surface area contributed by atoms with Crippen LogP contribution in [0, 0.1) is 17.8 Å². The van der Waals surface area contributed by atoms with Gasteiger partial charge in [0.15, 0.2) is 0 Å². The Labute approximate surface area is 152 Å². The lowest BCUT2D eigenvalue weighted by atomic mass is 9.78. The molecule has 1 saturated carbocycles. The van der Waals surface area contributed by atoms with E-state index in [4.69, 9.17) is 4.74 Å². The molecule has 2 N–H and O–H groups in total. The third-order valence-electron chi connectivity index (χ3n) is 5.21. The van der Waals surface area contributed by atoms with E-state index in [0.717, 1.165) is 6.42 Å². The average molecular weight is 378 g/mol. The second-order valence-electron chi connectivity index (χ2n) is 7.80. The number of alkyl halides is 3. The number of ether oxygens (including phenoxy) is 1. The van der Waals surface area contributed by atoms with Gasteiger partial charge in [-0.3, -0.25) is 9.59 Å². The van der Waals surface area contributed by atoms with Crippen LogP contribution >= 0.6 is 0 Å². The van der Waals surface area contributed by atoms with Gasteiger partial charge in [0.1, 0.15) is 0 Å². The van der Waals surface area contributed by atoms with Crippen LogP contribution in [-0.4, -0.2) is 43.3 Å². The number of halogens is 3. The number of carbonyl (C=O) groups is 2. The topological polar surface area (TPSA) is 67.4 Å². The Morgan fingerprint density at radius 3 is 2.65 bits per heavy atom. The molecule has 0 spiro atoms. The highest BCUT2D eigenvalue weighted by molar-refractivity contribution is 5.82. The largest absolute Gasteiger partial charge is 0.391 e. The predicted octanol–water partition coefficient (Wildman–Crippen LogP) is 2.79. The van der Waals surface area contributed by atoms with Crippen molar-refractivity contribution < 1.29 is 27.5 Å². The van der Waals surface area contributed by atoms with Gasteiger partial charge in [0.05, 0.1) is 17.9 Å². The smallest absolute Gasteiger partial charge is 0.377 e. The monoisotopic (exact) mass is 378 g/mol. The molecule has 0 aromatic rings. The fourth-order valence-corrected chi connectivity index (χ4v) is 3.58. The SMILES string of the molecule is CC(C)CCOC1CC(C(F)(F)F)CCC1C(=O)NC1CCNC(=O)C1. The summed E-state index contributed by atoms with van der Waals surface area (Å²) >= 11 is 0. The van der Waals surface area contributed by atoms with Gasteiger partial charge in [-0.2, -0.15) is 13.2 Å². The maximum Gasteiger partial charge on any atom is 0.391 e. The Kier molecular flexibility index (Phi) is 7.32. The minimum atomic E-state index is -4.26. The van der Waals surface area contributed by atoms with Gasteiger partial charge in [-0.1, -0.05) is 13.8 Å². The standard InChI is InChI=1S/C18H29F3N2O3/c1-11(2)6-8-26-15-9-12(18(19,20)21)3-4-14(15)17(25)23-13-5-7-22-16(24)10-13/h11-15H,3-10H2,1-2H3,(H,22,24)(H,23,25). The van der Waals surface area contributed by atoms with Gasteiger partial charge in [-0.15, -0.1) is 0 Å². The lowest BCUT2D eigenvalue weighted by Gasteiger charge is -2.37. The van der Waals surface area contributed by atoms with E-state index in [1.807, 2.05) is 13.8 Å². The first-order chi connectivity index (χ1) is 12.2. The van der Waals surface area contributed by atoms with E-state index in [-0.39, 0.29) is 43.5 Å². The Balaban J connectivity index is 1.97. The number of hydrogen-bond donors (Lipinski definition) is 2. The van der Waals surface area contributed by atoms with Crippen LogP contribution in [0.15, 0.2) is 0 Å². The van der Waals surface area contributed by atoms with Gasteiger partial charge < -0.3 is 15.4 Å². The van der Waals surface area contributed by atoms with E-state index < -0.39 is 24.1 Å². The predicted molar refractivity (Wildman–Crippen MR) is 90.3 cm³/mol. The van der Waals surface area contributed by atoms with Crippen molar-refractivity contribution in [3.05, 3.63) is 0 Å². The maximum atomic E-state index is 13.1. The molecule has 2 aliphatic rings. The third kappa shape index (κ3) is 6.14. The number of nitrogens with one attached hydrogen (secondary N) is 2. The lowest BCUT2D eigenvalue weighted by Crippen LogP contribution is -2.50. The highest BCUT2D eigenvalue weighted by atomic mass is 19.4. The van der Waals surface area contributed by atoms with Gasteiger partial charge in [0, 0.05) is 25.6 Å². The fourth-order valence-electron chi connectivity index (χ4n) is 3.58. The van der Waals surface area contributed by atoms with Gasteiger partial charge in [0.2, 0.25) is 11.8 Å². The van der Waals surface area contributed by atoms with E-state index >= 15 is 0 Å². The molecule has 5 nitrogen and oxygen atoms in total. The summed E-state index contributed by atoms with van der Waals surface area (Å²) in [6, 6.07) is -0.257. The molecule has 2 amide bonds. The summed E-state index contributed by atoms with van der Waals surface area (Å²) in [5.74, 6) is -2.04. The average Bonchev–Trinajstić information content (AvgIpc) is 2.53. The molecule has 1 aliphatic heterocycles. The molecular formula is C18H29F3N2O3. The Morgan fingerprint density at radius 2 is 2.04 bits per heavy atom. The van der Waals surface area contributed by atoms with Crippen LogP contribution in [0.25, 0.3) is 0 Å². The zero-order valence-corrected chi connectivity index (χ0v) is 15.4. The molecule has 1 saturated heterocycles. The molecule has 1 heterocycles. The van der Waals surface area contributed by atoms with Crippen LogP contribution < -0.4 is 10.6 Å². The van der Waals surface area contributed by atoms with Gasteiger partial charge in [0.25, 0.3) is 0 Å². The van der Waals surface area contributed by atoms with Crippen molar-refractivity contribution in [2.24, 2.45) is 17.8 Å². The van der Waals surface area contributed by atoms with Crippen molar-refractivity contribution in [3.63, 3.8) is 0 Å². The van der Waals surface area contributed by atoms with Crippen LogP contribution in [0.2, 0.25) is 0 Å². The molecule has 0 aromatic heterocycles. The molecule has 2 rings (SSSR count). The van der Waals surface area contributed by atoms with Gasteiger partial charge in [-0.25, -0.2) is 0 Å². The van der Waals surface area contributed by atoms with Gasteiger partial charge in [-0.05, 0) is 38.0 Å². The molecule has 26 heavy (non-hydrogen) atoms. The quantitative estimate of drug-likeness (QED) is 0.747. The minimum Gasteiger partial charge on any atom is -0.377 e. The number of amides is 2. The van der Waals surface area contributed by atoms with Crippen molar-refractivity contribution in [1.82, 2.24) is 10.6 Å². The van der Waals surface area contributed by atoms with Gasteiger partial charge >= 0.3 is 6.18 Å². The summed E-state index contributed by atoms with van der Waals surface area (Å²) in [4.78, 5) is 24.1.